The second-order valence-electron chi connectivity index (χ2n) is 2.27. The van der Waals surface area contributed by atoms with Crippen LogP contribution < -0.4 is 5.32 Å². The first-order valence-corrected chi connectivity index (χ1v) is 3.15. The van der Waals surface area contributed by atoms with Gasteiger partial charge in [0.15, 0.2) is 0 Å². The van der Waals surface area contributed by atoms with Crippen LogP contribution in [-0.2, 0) is 0 Å². The van der Waals surface area contributed by atoms with Crippen LogP contribution in [0.5, 0.6) is 0 Å². The van der Waals surface area contributed by atoms with Crippen LogP contribution in [0.25, 0.3) is 10.4 Å². The largest absolute Gasteiger partial charge is 0.316 e. The summed E-state index contributed by atoms with van der Waals surface area (Å²) in [4.78, 5) is 2.70. The van der Waals surface area contributed by atoms with Gasteiger partial charge < -0.3 is 5.32 Å². The van der Waals surface area contributed by atoms with Crippen molar-refractivity contribution in [2.75, 3.05) is 19.6 Å². The summed E-state index contributed by atoms with van der Waals surface area (Å²) in [5.41, 5.74) is 7.96. The van der Waals surface area contributed by atoms with Gasteiger partial charge in [0, 0.05) is 11.5 Å². The molecule has 1 saturated heterocycles. The van der Waals surface area contributed by atoms with Crippen LogP contribution in [0, 0.1) is 5.92 Å². The fraction of sp³-hybridized carbons (Fsp3) is 1.00. The molecule has 0 spiro atoms. The zero-order valence-corrected chi connectivity index (χ0v) is 6.47. The van der Waals surface area contributed by atoms with Crippen molar-refractivity contribution in [2.24, 2.45) is 11.0 Å². The van der Waals surface area contributed by atoms with Crippen molar-refractivity contribution in [3.63, 3.8) is 0 Å². The normalized spacial score (nSPS) is 23.0. The molecule has 5 heteroatoms. The van der Waals surface area contributed by atoms with Crippen LogP contribution in [0.3, 0.4) is 0 Å². The van der Waals surface area contributed by atoms with Gasteiger partial charge in [0.05, 0.1) is 0 Å². The molecule has 0 aromatic carbocycles. The van der Waals surface area contributed by atoms with Crippen molar-refractivity contribution in [1.82, 2.24) is 5.32 Å². The molecule has 58 valence electrons. The number of azide groups is 1. The van der Waals surface area contributed by atoms with E-state index in [0.29, 0.717) is 12.5 Å². The van der Waals surface area contributed by atoms with Gasteiger partial charge in [-0.15, -0.1) is 12.4 Å². The van der Waals surface area contributed by atoms with Gasteiger partial charge in [-0.05, 0) is 31.0 Å². The monoisotopic (exact) mass is 162 g/mol. The molecule has 10 heavy (non-hydrogen) atoms. The third-order valence-corrected chi connectivity index (χ3v) is 1.57. The van der Waals surface area contributed by atoms with Gasteiger partial charge in [-0.25, -0.2) is 0 Å². The summed E-state index contributed by atoms with van der Waals surface area (Å²) in [6.07, 6.45) is 1.15. The summed E-state index contributed by atoms with van der Waals surface area (Å²) in [5, 5.41) is 6.69. The number of halogens is 1. The molecule has 0 aliphatic carbocycles. The van der Waals surface area contributed by atoms with Crippen molar-refractivity contribution in [2.45, 2.75) is 6.42 Å². The maximum Gasteiger partial charge on any atom is 0.0298 e. The quantitative estimate of drug-likeness (QED) is 0.372. The van der Waals surface area contributed by atoms with E-state index >= 15 is 0 Å². The average Bonchev–Trinajstić information content (AvgIpc) is 2.34. The zero-order valence-electron chi connectivity index (χ0n) is 5.66. The first-order chi connectivity index (χ1) is 4.43. The topological polar surface area (TPSA) is 60.8 Å². The highest BCUT2D eigenvalue weighted by Crippen LogP contribution is 2.06. The lowest BCUT2D eigenvalue weighted by atomic mass is 10.1. The first-order valence-electron chi connectivity index (χ1n) is 3.15. The van der Waals surface area contributed by atoms with E-state index in [4.69, 9.17) is 5.53 Å². The number of rotatable bonds is 2. The fourth-order valence-electron chi connectivity index (χ4n) is 1.02. The smallest absolute Gasteiger partial charge is 0.0298 e. The second-order valence-corrected chi connectivity index (χ2v) is 2.27. The summed E-state index contributed by atoms with van der Waals surface area (Å²) in [5.74, 6) is 0.584. The Labute approximate surface area is 66.0 Å². The van der Waals surface area contributed by atoms with Crippen LogP contribution in [-0.4, -0.2) is 19.6 Å². The number of hydrogen-bond acceptors (Lipinski definition) is 2. The third-order valence-electron chi connectivity index (χ3n) is 1.57. The Hall–Kier alpha value is -0.440. The molecule has 0 saturated carbocycles. The predicted molar refractivity (Wildman–Crippen MR) is 42.2 cm³/mol. The van der Waals surface area contributed by atoms with E-state index in [1.807, 2.05) is 0 Å². The van der Waals surface area contributed by atoms with Crippen LogP contribution in [0.2, 0.25) is 0 Å². The molecular formula is C5H11ClN4. The van der Waals surface area contributed by atoms with Crippen molar-refractivity contribution < 1.29 is 0 Å². The van der Waals surface area contributed by atoms with E-state index in [1.165, 1.54) is 0 Å². The number of nitrogens with one attached hydrogen (secondary N) is 1. The summed E-state index contributed by atoms with van der Waals surface area (Å²) in [6, 6.07) is 0. The molecule has 0 bridgehead atoms. The predicted octanol–water partition coefficient (Wildman–Crippen LogP) is 1.33. The molecule has 1 heterocycles. The van der Waals surface area contributed by atoms with Crippen molar-refractivity contribution in [3.05, 3.63) is 10.4 Å². The molecule has 1 atom stereocenters. The van der Waals surface area contributed by atoms with Crippen molar-refractivity contribution in [3.8, 4) is 0 Å². The standard InChI is InChI=1S/C5H10N4.ClH/c6-9-8-4-5-1-2-7-3-5;/h5,7H,1-4H2;1H/t5-;/m0./s1. The first kappa shape index (κ1) is 9.56. The molecule has 0 aromatic heterocycles. The van der Waals surface area contributed by atoms with Gasteiger partial charge in [0.1, 0.15) is 0 Å². The van der Waals surface area contributed by atoms with Crippen LogP contribution >= 0.6 is 12.4 Å². The minimum absolute atomic E-state index is 0. The average molecular weight is 163 g/mol. The highest BCUT2D eigenvalue weighted by molar-refractivity contribution is 5.85. The SMILES string of the molecule is Cl.[N-]=[N+]=NC[C@H]1CCNC1. The Morgan fingerprint density at radius 1 is 1.70 bits per heavy atom. The van der Waals surface area contributed by atoms with Gasteiger partial charge in [-0.2, -0.15) is 0 Å². The van der Waals surface area contributed by atoms with Crippen LogP contribution in [0.1, 0.15) is 6.42 Å². The Morgan fingerprint density at radius 3 is 3.00 bits per heavy atom. The molecule has 1 aliphatic heterocycles. The van der Waals surface area contributed by atoms with Gasteiger partial charge >= 0.3 is 0 Å². The third kappa shape index (κ3) is 2.92. The van der Waals surface area contributed by atoms with Gasteiger partial charge in [-0.3, -0.25) is 0 Å². The summed E-state index contributed by atoms with van der Waals surface area (Å²) in [6.45, 7) is 2.74. The molecule has 0 amide bonds. The minimum Gasteiger partial charge on any atom is -0.316 e. The Bertz CT molecular complexity index is 126. The summed E-state index contributed by atoms with van der Waals surface area (Å²) >= 11 is 0. The molecule has 1 aliphatic rings. The Kier molecular flexibility index (Phi) is 5.12. The zero-order chi connectivity index (χ0) is 6.53. The molecule has 0 radical (unpaired) electrons. The lowest BCUT2D eigenvalue weighted by Crippen LogP contribution is -2.10. The number of hydrogen-bond donors (Lipinski definition) is 1. The maximum atomic E-state index is 7.96. The van der Waals surface area contributed by atoms with Crippen molar-refractivity contribution >= 4 is 12.4 Å². The van der Waals surface area contributed by atoms with E-state index in [9.17, 15) is 0 Å². The molecular weight excluding hydrogens is 152 g/mol. The lowest BCUT2D eigenvalue weighted by Gasteiger charge is -1.98. The lowest BCUT2D eigenvalue weighted by molar-refractivity contribution is 0.594. The van der Waals surface area contributed by atoms with Crippen molar-refractivity contribution in [1.29, 1.82) is 0 Å². The number of nitrogens with zero attached hydrogens (tertiary/aromatic N) is 3. The highest BCUT2D eigenvalue weighted by atomic mass is 35.5. The van der Waals surface area contributed by atoms with E-state index in [-0.39, 0.29) is 12.4 Å². The molecule has 1 rings (SSSR count). The highest BCUT2D eigenvalue weighted by Gasteiger charge is 2.11. The summed E-state index contributed by atoms with van der Waals surface area (Å²) in [7, 11) is 0. The molecule has 1 fully saturated rings. The van der Waals surface area contributed by atoms with E-state index in [0.717, 1.165) is 19.5 Å². The molecule has 1 N–H and O–H groups in total. The Balaban J connectivity index is 0.000000810. The maximum absolute atomic E-state index is 7.96. The Morgan fingerprint density at radius 2 is 2.50 bits per heavy atom. The van der Waals surface area contributed by atoms with E-state index in [2.05, 4.69) is 15.3 Å². The van der Waals surface area contributed by atoms with Gasteiger partial charge in [-0.1, -0.05) is 5.11 Å². The van der Waals surface area contributed by atoms with Crippen LogP contribution in [0.15, 0.2) is 5.11 Å². The van der Waals surface area contributed by atoms with Gasteiger partial charge in [0.25, 0.3) is 0 Å². The van der Waals surface area contributed by atoms with Crippen LogP contribution in [0.4, 0.5) is 0 Å². The molecule has 0 aromatic rings. The minimum atomic E-state index is 0. The molecule has 0 unspecified atom stereocenters. The van der Waals surface area contributed by atoms with E-state index in [1.54, 1.807) is 0 Å². The second kappa shape index (κ2) is 5.35. The van der Waals surface area contributed by atoms with Gasteiger partial charge in [0.2, 0.25) is 0 Å². The fourth-order valence-corrected chi connectivity index (χ4v) is 1.02. The van der Waals surface area contributed by atoms with E-state index < -0.39 is 0 Å². The summed E-state index contributed by atoms with van der Waals surface area (Å²) < 4.78 is 0. The molecule has 4 nitrogen and oxygen atoms in total.